The van der Waals surface area contributed by atoms with Crippen LogP contribution in [-0.2, 0) is 12.0 Å². The van der Waals surface area contributed by atoms with E-state index in [1.807, 2.05) is 6.07 Å². The second kappa shape index (κ2) is 6.61. The molecule has 1 heterocycles. The molecule has 2 unspecified atom stereocenters. The molecule has 1 aromatic heterocycles. The molecule has 1 aromatic rings. The molecule has 3 nitrogen and oxygen atoms in total. The maximum absolute atomic E-state index is 5.99. The highest BCUT2D eigenvalue weighted by molar-refractivity contribution is 5.28. The quantitative estimate of drug-likeness (QED) is 0.857. The lowest BCUT2D eigenvalue weighted by Crippen LogP contribution is -2.22. The maximum atomic E-state index is 5.99. The van der Waals surface area contributed by atoms with Gasteiger partial charge in [-0.2, -0.15) is 0 Å². The summed E-state index contributed by atoms with van der Waals surface area (Å²) in [7, 11) is 0. The topological polar surface area (TPSA) is 48.1 Å². The Bertz CT molecular complexity index is 502. The van der Waals surface area contributed by atoms with Gasteiger partial charge in [-0.25, -0.2) is 4.98 Å². The first-order valence-electron chi connectivity index (χ1n) is 7.89. The van der Waals surface area contributed by atoms with Gasteiger partial charge in [-0.3, -0.25) is 0 Å². The molecule has 0 bridgehead atoms. The van der Waals surface area contributed by atoms with E-state index < -0.39 is 0 Å². The smallest absolute Gasteiger partial charge is 0.213 e. The SMILES string of the molecule is CC1CC=CCC1COc1cc(CN)cc(C(C)(C)C)n1. The number of hydrogen-bond acceptors (Lipinski definition) is 3. The van der Waals surface area contributed by atoms with Crippen LogP contribution >= 0.6 is 0 Å². The molecule has 0 saturated heterocycles. The lowest BCUT2D eigenvalue weighted by atomic mass is 9.85. The molecular formula is C18H28N2O. The van der Waals surface area contributed by atoms with Crippen LogP contribution in [0.15, 0.2) is 24.3 Å². The molecule has 1 aliphatic carbocycles. The van der Waals surface area contributed by atoms with E-state index in [4.69, 9.17) is 10.5 Å². The van der Waals surface area contributed by atoms with E-state index in [0.29, 0.717) is 24.3 Å². The summed E-state index contributed by atoms with van der Waals surface area (Å²) in [6.45, 7) is 10.0. The predicted octanol–water partition coefficient (Wildman–Crippen LogP) is 3.82. The van der Waals surface area contributed by atoms with Crippen molar-refractivity contribution in [3.05, 3.63) is 35.5 Å². The van der Waals surface area contributed by atoms with E-state index in [1.165, 1.54) is 0 Å². The minimum atomic E-state index is 0.00412. The zero-order valence-electron chi connectivity index (χ0n) is 13.7. The Morgan fingerprint density at radius 1 is 1.24 bits per heavy atom. The fourth-order valence-electron chi connectivity index (χ4n) is 2.57. The van der Waals surface area contributed by atoms with E-state index in [0.717, 1.165) is 30.7 Å². The van der Waals surface area contributed by atoms with Crippen molar-refractivity contribution in [3.63, 3.8) is 0 Å². The molecule has 2 atom stereocenters. The Balaban J connectivity index is 2.10. The summed E-state index contributed by atoms with van der Waals surface area (Å²) >= 11 is 0. The molecule has 0 spiro atoms. The molecule has 3 heteroatoms. The molecular weight excluding hydrogens is 260 g/mol. The van der Waals surface area contributed by atoms with E-state index >= 15 is 0 Å². The number of pyridine rings is 1. The molecule has 116 valence electrons. The Kier molecular flexibility index (Phi) is 5.04. The lowest BCUT2D eigenvalue weighted by molar-refractivity contribution is 0.192. The molecule has 0 radical (unpaired) electrons. The van der Waals surface area contributed by atoms with Crippen LogP contribution in [0.3, 0.4) is 0 Å². The standard InChI is InChI=1S/C18H28N2O/c1-13-7-5-6-8-15(13)12-21-17-10-14(11-19)9-16(20-17)18(2,3)4/h5-6,9-10,13,15H,7-8,11-12,19H2,1-4H3. The highest BCUT2D eigenvalue weighted by atomic mass is 16.5. The minimum absolute atomic E-state index is 0.00412. The number of rotatable bonds is 4. The predicted molar refractivity (Wildman–Crippen MR) is 87.4 cm³/mol. The Morgan fingerprint density at radius 2 is 1.95 bits per heavy atom. The van der Waals surface area contributed by atoms with Gasteiger partial charge in [0.1, 0.15) is 0 Å². The van der Waals surface area contributed by atoms with Crippen LogP contribution in [0.25, 0.3) is 0 Å². The number of allylic oxidation sites excluding steroid dienone is 2. The van der Waals surface area contributed by atoms with Crippen LogP contribution in [0.5, 0.6) is 5.88 Å². The summed E-state index contributed by atoms with van der Waals surface area (Å²) in [6, 6.07) is 4.05. The van der Waals surface area contributed by atoms with Gasteiger partial charge in [0.25, 0.3) is 0 Å². The van der Waals surface area contributed by atoms with Gasteiger partial charge in [0.05, 0.1) is 12.3 Å². The molecule has 2 rings (SSSR count). The average Bonchev–Trinajstić information content (AvgIpc) is 2.45. The van der Waals surface area contributed by atoms with Crippen molar-refractivity contribution in [2.45, 2.75) is 52.5 Å². The summed E-state index contributed by atoms with van der Waals surface area (Å²) in [5.41, 5.74) is 7.93. The van der Waals surface area contributed by atoms with Crippen molar-refractivity contribution < 1.29 is 4.74 Å². The first-order chi connectivity index (χ1) is 9.90. The van der Waals surface area contributed by atoms with E-state index in [1.54, 1.807) is 0 Å². The fourth-order valence-corrected chi connectivity index (χ4v) is 2.57. The second-order valence-electron chi connectivity index (χ2n) is 7.14. The van der Waals surface area contributed by atoms with Crippen molar-refractivity contribution in [3.8, 4) is 5.88 Å². The number of aromatic nitrogens is 1. The van der Waals surface area contributed by atoms with Crippen molar-refractivity contribution >= 4 is 0 Å². The lowest BCUT2D eigenvalue weighted by Gasteiger charge is -2.25. The maximum Gasteiger partial charge on any atom is 0.213 e. The highest BCUT2D eigenvalue weighted by Gasteiger charge is 2.21. The third kappa shape index (κ3) is 4.31. The minimum Gasteiger partial charge on any atom is -0.477 e. The molecule has 0 saturated carbocycles. The van der Waals surface area contributed by atoms with Crippen molar-refractivity contribution in [1.82, 2.24) is 4.98 Å². The van der Waals surface area contributed by atoms with Crippen LogP contribution in [-0.4, -0.2) is 11.6 Å². The first kappa shape index (κ1) is 16.0. The fraction of sp³-hybridized carbons (Fsp3) is 0.611. The zero-order valence-corrected chi connectivity index (χ0v) is 13.7. The van der Waals surface area contributed by atoms with Crippen LogP contribution in [0.1, 0.15) is 51.8 Å². The number of ether oxygens (including phenoxy) is 1. The number of nitrogens with two attached hydrogens (primary N) is 1. The van der Waals surface area contributed by atoms with Crippen molar-refractivity contribution in [2.75, 3.05) is 6.61 Å². The highest BCUT2D eigenvalue weighted by Crippen LogP contribution is 2.27. The van der Waals surface area contributed by atoms with Gasteiger partial charge in [-0.15, -0.1) is 0 Å². The Hall–Kier alpha value is -1.35. The summed E-state index contributed by atoms with van der Waals surface area (Å²) in [5.74, 6) is 1.97. The van der Waals surface area contributed by atoms with Gasteiger partial charge in [0.2, 0.25) is 5.88 Å². The van der Waals surface area contributed by atoms with Crippen molar-refractivity contribution in [2.24, 2.45) is 17.6 Å². The summed E-state index contributed by atoms with van der Waals surface area (Å²) in [5, 5.41) is 0. The number of nitrogens with zero attached hydrogens (tertiary/aromatic N) is 1. The third-order valence-corrected chi connectivity index (χ3v) is 4.23. The summed E-state index contributed by atoms with van der Waals surface area (Å²) in [6.07, 6.45) is 6.78. The Morgan fingerprint density at radius 3 is 2.57 bits per heavy atom. The van der Waals surface area contributed by atoms with Crippen LogP contribution in [0.2, 0.25) is 0 Å². The average molecular weight is 288 g/mol. The molecule has 1 aliphatic rings. The van der Waals surface area contributed by atoms with Gasteiger partial charge in [0, 0.05) is 18.0 Å². The second-order valence-corrected chi connectivity index (χ2v) is 7.14. The van der Waals surface area contributed by atoms with Crippen molar-refractivity contribution in [1.29, 1.82) is 0 Å². The molecule has 0 aromatic carbocycles. The molecule has 0 amide bonds. The normalized spacial score (nSPS) is 22.3. The van der Waals surface area contributed by atoms with Crippen LogP contribution in [0, 0.1) is 11.8 Å². The summed E-state index contributed by atoms with van der Waals surface area (Å²) < 4.78 is 5.99. The van der Waals surface area contributed by atoms with Gasteiger partial charge in [-0.1, -0.05) is 39.8 Å². The first-order valence-corrected chi connectivity index (χ1v) is 7.89. The van der Waals surface area contributed by atoms with E-state index in [-0.39, 0.29) is 5.41 Å². The zero-order chi connectivity index (χ0) is 15.5. The molecule has 2 N–H and O–H groups in total. The largest absolute Gasteiger partial charge is 0.477 e. The number of hydrogen-bond donors (Lipinski definition) is 1. The van der Waals surface area contributed by atoms with Gasteiger partial charge in [0.15, 0.2) is 0 Å². The van der Waals surface area contributed by atoms with Gasteiger partial charge in [-0.05, 0) is 36.3 Å². The van der Waals surface area contributed by atoms with E-state index in [2.05, 4.69) is 50.9 Å². The van der Waals surface area contributed by atoms with Crippen LogP contribution in [0.4, 0.5) is 0 Å². The van der Waals surface area contributed by atoms with Gasteiger partial charge < -0.3 is 10.5 Å². The molecule has 21 heavy (non-hydrogen) atoms. The monoisotopic (exact) mass is 288 g/mol. The third-order valence-electron chi connectivity index (χ3n) is 4.23. The van der Waals surface area contributed by atoms with Crippen LogP contribution < -0.4 is 10.5 Å². The van der Waals surface area contributed by atoms with Gasteiger partial charge >= 0.3 is 0 Å². The Labute approximate surface area is 128 Å². The van der Waals surface area contributed by atoms with E-state index in [9.17, 15) is 0 Å². The molecule has 0 aliphatic heterocycles. The summed E-state index contributed by atoms with van der Waals surface area (Å²) in [4.78, 5) is 4.67. The molecule has 0 fully saturated rings.